The molecule has 1 heterocycles. The predicted molar refractivity (Wildman–Crippen MR) is 122 cm³/mol. The van der Waals surface area contributed by atoms with Crippen molar-refractivity contribution < 1.29 is 27.2 Å². The van der Waals surface area contributed by atoms with E-state index in [9.17, 15) is 27.2 Å². The van der Waals surface area contributed by atoms with Crippen molar-refractivity contribution in [2.24, 2.45) is 5.41 Å². The van der Waals surface area contributed by atoms with Crippen LogP contribution in [0.3, 0.4) is 0 Å². The molecule has 0 aromatic heterocycles. The Morgan fingerprint density at radius 2 is 1.80 bits per heavy atom. The van der Waals surface area contributed by atoms with Crippen molar-refractivity contribution >= 4 is 23.5 Å². The summed E-state index contributed by atoms with van der Waals surface area (Å²) in [6.07, 6.45) is 3.69. The molecular formula is C25H22ClF4N3O2. The Kier molecular flexibility index (Phi) is 6.64. The van der Waals surface area contributed by atoms with Gasteiger partial charge in [-0.25, -0.2) is 22.4 Å². The van der Waals surface area contributed by atoms with Crippen LogP contribution in [0.2, 0.25) is 5.02 Å². The Morgan fingerprint density at radius 1 is 1.11 bits per heavy atom. The van der Waals surface area contributed by atoms with Gasteiger partial charge in [-0.05, 0) is 30.2 Å². The maximum Gasteiger partial charge on any atom is 0.324 e. The Balaban J connectivity index is 1.59. The first-order valence-corrected chi connectivity index (χ1v) is 11.2. The normalized spacial score (nSPS) is 19.8. The molecule has 2 aromatic rings. The lowest BCUT2D eigenvalue weighted by Crippen LogP contribution is -2.55. The second kappa shape index (κ2) is 9.37. The highest BCUT2D eigenvalue weighted by Gasteiger charge is 2.44. The van der Waals surface area contributed by atoms with Crippen LogP contribution in [0.25, 0.3) is 0 Å². The molecule has 1 aliphatic carbocycles. The van der Waals surface area contributed by atoms with E-state index in [1.165, 1.54) is 17.0 Å². The monoisotopic (exact) mass is 507 g/mol. The fraction of sp³-hybridized carbons (Fsp3) is 0.280. The minimum atomic E-state index is -1.10. The summed E-state index contributed by atoms with van der Waals surface area (Å²) in [6, 6.07) is 4.68. The molecule has 10 heteroatoms. The van der Waals surface area contributed by atoms with Gasteiger partial charge in [-0.15, -0.1) is 0 Å². The molecule has 1 unspecified atom stereocenters. The minimum absolute atomic E-state index is 0.0601. The number of benzene rings is 2. The molecule has 184 valence electrons. The Bertz CT molecular complexity index is 1260. The molecule has 2 aliphatic rings. The number of rotatable bonds is 5. The zero-order chi connectivity index (χ0) is 25.5. The SMILES string of the molecule is CN1CC2(C)CC=C(C(=O)NCc3c(F)cc(F)cc3F)C=C2N(Cc2ccc(F)cc2Cl)C1=O. The number of allylic oxidation sites excluding steroid dienone is 1. The van der Waals surface area contributed by atoms with Gasteiger partial charge < -0.3 is 10.2 Å². The summed E-state index contributed by atoms with van der Waals surface area (Å²) in [7, 11) is 1.67. The highest BCUT2D eigenvalue weighted by atomic mass is 35.5. The highest BCUT2D eigenvalue weighted by molar-refractivity contribution is 6.31. The molecular weight excluding hydrogens is 486 g/mol. The van der Waals surface area contributed by atoms with Crippen LogP contribution in [0.1, 0.15) is 24.5 Å². The number of nitrogens with zero attached hydrogens (tertiary/aromatic N) is 2. The molecule has 1 aliphatic heterocycles. The van der Waals surface area contributed by atoms with Gasteiger partial charge in [0.2, 0.25) is 0 Å². The first-order chi connectivity index (χ1) is 16.5. The van der Waals surface area contributed by atoms with E-state index in [4.69, 9.17) is 11.6 Å². The lowest BCUT2D eigenvalue weighted by atomic mass is 9.76. The molecule has 1 atom stereocenters. The Labute approximate surface area is 204 Å². The summed E-state index contributed by atoms with van der Waals surface area (Å²) < 4.78 is 54.5. The molecule has 35 heavy (non-hydrogen) atoms. The first-order valence-electron chi connectivity index (χ1n) is 10.8. The third-order valence-corrected chi connectivity index (χ3v) is 6.61. The van der Waals surface area contributed by atoms with E-state index >= 15 is 0 Å². The fourth-order valence-electron chi connectivity index (χ4n) is 4.41. The fourth-order valence-corrected chi connectivity index (χ4v) is 4.64. The molecule has 4 rings (SSSR count). The number of urea groups is 1. The van der Waals surface area contributed by atoms with Crippen molar-refractivity contribution in [3.05, 3.63) is 93.2 Å². The number of carbonyl (C=O) groups is 2. The lowest BCUT2D eigenvalue weighted by molar-refractivity contribution is -0.117. The lowest BCUT2D eigenvalue weighted by Gasteiger charge is -2.48. The molecule has 0 radical (unpaired) electrons. The summed E-state index contributed by atoms with van der Waals surface area (Å²) in [4.78, 5) is 28.9. The zero-order valence-electron chi connectivity index (χ0n) is 19.0. The van der Waals surface area contributed by atoms with Gasteiger partial charge in [0.15, 0.2) is 0 Å². The van der Waals surface area contributed by atoms with Crippen molar-refractivity contribution in [3.63, 3.8) is 0 Å². The maximum absolute atomic E-state index is 13.9. The van der Waals surface area contributed by atoms with Gasteiger partial charge in [-0.2, -0.15) is 0 Å². The van der Waals surface area contributed by atoms with E-state index in [2.05, 4.69) is 5.32 Å². The molecule has 2 aromatic carbocycles. The summed E-state index contributed by atoms with van der Waals surface area (Å²) >= 11 is 6.19. The molecule has 1 fully saturated rings. The van der Waals surface area contributed by atoms with Gasteiger partial charge in [-0.1, -0.05) is 30.7 Å². The molecule has 3 amide bonds. The van der Waals surface area contributed by atoms with Gasteiger partial charge in [0.25, 0.3) is 5.91 Å². The van der Waals surface area contributed by atoms with Crippen LogP contribution in [-0.4, -0.2) is 35.3 Å². The third-order valence-electron chi connectivity index (χ3n) is 6.25. The van der Waals surface area contributed by atoms with Crippen LogP contribution >= 0.6 is 11.6 Å². The van der Waals surface area contributed by atoms with Gasteiger partial charge in [-0.3, -0.25) is 9.69 Å². The number of fused-ring (bicyclic) bond motifs is 1. The van der Waals surface area contributed by atoms with E-state index in [1.54, 1.807) is 24.1 Å². The largest absolute Gasteiger partial charge is 0.348 e. The number of hydrogen-bond donors (Lipinski definition) is 1. The molecule has 5 nitrogen and oxygen atoms in total. The predicted octanol–water partition coefficient (Wildman–Crippen LogP) is 5.30. The van der Waals surface area contributed by atoms with E-state index in [1.807, 2.05) is 6.92 Å². The van der Waals surface area contributed by atoms with Crippen LogP contribution in [0.4, 0.5) is 22.4 Å². The zero-order valence-corrected chi connectivity index (χ0v) is 19.7. The maximum atomic E-state index is 13.9. The molecule has 0 saturated carbocycles. The second-order valence-corrected chi connectivity index (χ2v) is 9.35. The summed E-state index contributed by atoms with van der Waals surface area (Å²) in [5, 5.41) is 2.61. The summed E-state index contributed by atoms with van der Waals surface area (Å²) in [5.74, 6) is -4.36. The number of amides is 3. The van der Waals surface area contributed by atoms with Crippen molar-refractivity contribution in [1.29, 1.82) is 0 Å². The van der Waals surface area contributed by atoms with Crippen molar-refractivity contribution in [1.82, 2.24) is 15.1 Å². The Hall–Kier alpha value is -3.33. The minimum Gasteiger partial charge on any atom is -0.348 e. The van der Waals surface area contributed by atoms with Gasteiger partial charge in [0.05, 0.1) is 6.54 Å². The first kappa shape index (κ1) is 24.8. The molecule has 1 saturated heterocycles. The van der Waals surface area contributed by atoms with E-state index in [-0.39, 0.29) is 23.2 Å². The average Bonchev–Trinajstić information content (AvgIpc) is 2.77. The summed E-state index contributed by atoms with van der Waals surface area (Å²) in [6.45, 7) is 1.94. The van der Waals surface area contributed by atoms with Crippen LogP contribution in [0.15, 0.2) is 53.8 Å². The van der Waals surface area contributed by atoms with Gasteiger partial charge in [0, 0.05) is 59.5 Å². The van der Waals surface area contributed by atoms with E-state index in [0.29, 0.717) is 36.4 Å². The van der Waals surface area contributed by atoms with Gasteiger partial charge >= 0.3 is 6.03 Å². The van der Waals surface area contributed by atoms with E-state index < -0.39 is 46.7 Å². The van der Waals surface area contributed by atoms with Gasteiger partial charge in [0.1, 0.15) is 23.3 Å². The number of halogens is 5. The van der Waals surface area contributed by atoms with Crippen LogP contribution in [0, 0.1) is 28.7 Å². The topological polar surface area (TPSA) is 52.7 Å². The standard InChI is InChI=1S/C25H22ClF4N3O2/c1-25-6-5-14(23(34)31-11-18-20(29)9-17(28)10-21(18)30)7-22(25)33(24(35)32(2)13-25)12-15-3-4-16(27)8-19(15)26/h3-5,7-10H,6,11-13H2,1-2H3,(H,31,34). The summed E-state index contributed by atoms with van der Waals surface area (Å²) in [5.41, 5.74) is 0.355. The van der Waals surface area contributed by atoms with Crippen molar-refractivity contribution in [2.45, 2.75) is 26.4 Å². The highest BCUT2D eigenvalue weighted by Crippen LogP contribution is 2.43. The second-order valence-electron chi connectivity index (χ2n) is 8.95. The number of nitrogens with one attached hydrogen (secondary N) is 1. The van der Waals surface area contributed by atoms with E-state index in [0.717, 1.165) is 6.07 Å². The molecule has 1 N–H and O–H groups in total. The van der Waals surface area contributed by atoms with Crippen molar-refractivity contribution in [2.75, 3.05) is 13.6 Å². The molecule has 0 bridgehead atoms. The third kappa shape index (κ3) is 4.91. The number of hydrogen-bond acceptors (Lipinski definition) is 2. The van der Waals surface area contributed by atoms with Crippen molar-refractivity contribution in [3.8, 4) is 0 Å². The van der Waals surface area contributed by atoms with Crippen LogP contribution in [-0.2, 0) is 17.9 Å². The number of carbonyl (C=O) groups excluding carboxylic acids is 2. The quantitative estimate of drug-likeness (QED) is 0.558. The van der Waals surface area contributed by atoms with Crippen LogP contribution < -0.4 is 5.32 Å². The molecule has 0 spiro atoms. The van der Waals surface area contributed by atoms with Crippen LogP contribution in [0.5, 0.6) is 0 Å². The average molecular weight is 508 g/mol. The Morgan fingerprint density at radius 3 is 2.46 bits per heavy atom. The smallest absolute Gasteiger partial charge is 0.324 e.